The number of anilines is 1. The number of pyridine rings is 1. The van der Waals surface area contributed by atoms with Crippen LogP contribution in [-0.2, 0) is 11.3 Å². The van der Waals surface area contributed by atoms with Crippen LogP contribution in [0.3, 0.4) is 0 Å². The van der Waals surface area contributed by atoms with Crippen molar-refractivity contribution in [1.29, 1.82) is 0 Å². The molecule has 2 atom stereocenters. The van der Waals surface area contributed by atoms with E-state index >= 15 is 0 Å². The summed E-state index contributed by atoms with van der Waals surface area (Å²) in [5.41, 5.74) is 0.763. The monoisotopic (exact) mass is 378 g/mol. The average molecular weight is 378 g/mol. The molecule has 26 heavy (non-hydrogen) atoms. The molecule has 0 spiro atoms. The van der Waals surface area contributed by atoms with E-state index in [4.69, 9.17) is 0 Å². The molecule has 0 aliphatic carbocycles. The molecule has 1 aromatic heterocycles. The number of carbonyl (C=O) groups is 2. The number of likely N-dealkylation sites (tertiary alicyclic amines) is 1. The fraction of sp³-hybridized carbons (Fsp3) is 0.611. The summed E-state index contributed by atoms with van der Waals surface area (Å²) in [7, 11) is 0. The quantitative estimate of drug-likeness (QED) is 0.746. The first-order valence-corrected chi connectivity index (χ1v) is 9.87. The maximum absolute atomic E-state index is 11.5. The zero-order valence-electron chi connectivity index (χ0n) is 15.4. The summed E-state index contributed by atoms with van der Waals surface area (Å²) in [6, 6.07) is 3.96. The fourth-order valence-corrected chi connectivity index (χ4v) is 4.70. The van der Waals surface area contributed by atoms with Crippen LogP contribution in [0.4, 0.5) is 10.6 Å². The third-order valence-corrected chi connectivity index (χ3v) is 5.95. The molecule has 3 heterocycles. The topological polar surface area (TPSA) is 94.6 Å². The molecular formula is C18H26N4O3S. The maximum atomic E-state index is 11.5. The number of aromatic nitrogens is 1. The number of carboxylic acid groups (broad SMARTS) is 1. The summed E-state index contributed by atoms with van der Waals surface area (Å²) in [6.45, 7) is 8.20. The van der Waals surface area contributed by atoms with Crippen LogP contribution in [0.2, 0.25) is 0 Å². The first-order valence-electron chi connectivity index (χ1n) is 8.88. The second kappa shape index (κ2) is 7.44. The number of rotatable bonds is 4. The van der Waals surface area contributed by atoms with E-state index in [1.807, 2.05) is 12.1 Å². The number of fused-ring (bicyclic) bond motifs is 1. The molecule has 0 radical (unpaired) electrons. The standard InChI is InChI=1S/C18H26N4O3S/c1-18(2,3)15-11(6-7-22(15)17(24)25)8-19-9-12-4-5-13-16(20-12)21-14(23)10-26-13/h4-5,11,15,19H,6-10H2,1-3H3,(H,24,25)(H,20,21,23)/t11-,15?/m0/s1. The molecule has 2 aliphatic rings. The van der Waals surface area contributed by atoms with Crippen molar-refractivity contribution >= 4 is 29.6 Å². The van der Waals surface area contributed by atoms with E-state index in [-0.39, 0.29) is 23.3 Å². The van der Waals surface area contributed by atoms with Crippen molar-refractivity contribution in [2.75, 3.05) is 24.2 Å². The number of amides is 2. The molecule has 2 aliphatic heterocycles. The van der Waals surface area contributed by atoms with Crippen molar-refractivity contribution in [3.05, 3.63) is 17.8 Å². The van der Waals surface area contributed by atoms with Gasteiger partial charge in [-0.2, -0.15) is 0 Å². The molecule has 7 nitrogen and oxygen atoms in total. The number of nitrogens with zero attached hydrogens (tertiary/aromatic N) is 2. The molecule has 1 saturated heterocycles. The van der Waals surface area contributed by atoms with Gasteiger partial charge in [-0.15, -0.1) is 11.8 Å². The van der Waals surface area contributed by atoms with Gasteiger partial charge in [0.2, 0.25) is 5.91 Å². The minimum Gasteiger partial charge on any atom is -0.465 e. The lowest BCUT2D eigenvalue weighted by Crippen LogP contribution is -2.47. The van der Waals surface area contributed by atoms with Crippen LogP contribution in [0.5, 0.6) is 0 Å². The Labute approximate surface area is 157 Å². The Balaban J connectivity index is 1.60. The zero-order valence-corrected chi connectivity index (χ0v) is 16.2. The van der Waals surface area contributed by atoms with Crippen LogP contribution in [-0.4, -0.2) is 51.9 Å². The number of carbonyl (C=O) groups excluding carboxylic acids is 1. The molecule has 1 aromatic rings. The maximum Gasteiger partial charge on any atom is 0.407 e. The lowest BCUT2D eigenvalue weighted by molar-refractivity contribution is -0.113. The van der Waals surface area contributed by atoms with Crippen LogP contribution < -0.4 is 10.6 Å². The molecule has 1 fully saturated rings. The number of hydrogen-bond acceptors (Lipinski definition) is 5. The molecule has 142 valence electrons. The lowest BCUT2D eigenvalue weighted by Gasteiger charge is -2.37. The molecule has 3 N–H and O–H groups in total. The summed E-state index contributed by atoms with van der Waals surface area (Å²) < 4.78 is 0. The van der Waals surface area contributed by atoms with Crippen LogP contribution in [0.15, 0.2) is 17.0 Å². The van der Waals surface area contributed by atoms with Gasteiger partial charge in [-0.1, -0.05) is 20.8 Å². The van der Waals surface area contributed by atoms with Gasteiger partial charge in [0.25, 0.3) is 0 Å². The van der Waals surface area contributed by atoms with Crippen molar-refractivity contribution in [3.8, 4) is 0 Å². The van der Waals surface area contributed by atoms with Crippen LogP contribution >= 0.6 is 11.8 Å². The van der Waals surface area contributed by atoms with E-state index in [9.17, 15) is 14.7 Å². The predicted molar refractivity (Wildman–Crippen MR) is 101 cm³/mol. The zero-order chi connectivity index (χ0) is 18.9. The Hall–Kier alpha value is -1.80. The Bertz CT molecular complexity index is 704. The van der Waals surface area contributed by atoms with Gasteiger partial charge in [0.15, 0.2) is 0 Å². The van der Waals surface area contributed by atoms with Gasteiger partial charge in [0.05, 0.1) is 16.3 Å². The first-order chi connectivity index (χ1) is 12.3. The van der Waals surface area contributed by atoms with E-state index in [0.717, 1.165) is 23.6 Å². The van der Waals surface area contributed by atoms with Gasteiger partial charge in [-0.25, -0.2) is 9.78 Å². The Kier molecular flexibility index (Phi) is 5.43. The highest BCUT2D eigenvalue weighted by Crippen LogP contribution is 2.37. The SMILES string of the molecule is CC(C)(C)C1[C@H](CNCc2ccc3c(n2)NC(=O)CS3)CCN1C(=O)O. The fourth-order valence-electron chi connectivity index (χ4n) is 3.95. The summed E-state index contributed by atoms with van der Waals surface area (Å²) >= 11 is 1.50. The van der Waals surface area contributed by atoms with Gasteiger partial charge in [0.1, 0.15) is 5.82 Å². The van der Waals surface area contributed by atoms with Gasteiger partial charge in [0, 0.05) is 25.7 Å². The Morgan fingerprint density at radius 1 is 1.46 bits per heavy atom. The Morgan fingerprint density at radius 2 is 2.23 bits per heavy atom. The van der Waals surface area contributed by atoms with Crippen molar-refractivity contribution in [2.24, 2.45) is 11.3 Å². The van der Waals surface area contributed by atoms with E-state index in [1.165, 1.54) is 11.8 Å². The molecule has 0 aromatic carbocycles. The highest BCUT2D eigenvalue weighted by molar-refractivity contribution is 8.00. The molecule has 0 saturated carbocycles. The van der Waals surface area contributed by atoms with Crippen LogP contribution in [0.1, 0.15) is 32.9 Å². The minimum atomic E-state index is -0.836. The summed E-state index contributed by atoms with van der Waals surface area (Å²) in [5, 5.41) is 15.7. The largest absolute Gasteiger partial charge is 0.465 e. The smallest absolute Gasteiger partial charge is 0.407 e. The third kappa shape index (κ3) is 4.12. The molecule has 2 amide bonds. The highest BCUT2D eigenvalue weighted by Gasteiger charge is 2.43. The first kappa shape index (κ1) is 19.0. The summed E-state index contributed by atoms with van der Waals surface area (Å²) in [5.74, 6) is 1.32. The highest BCUT2D eigenvalue weighted by atomic mass is 32.2. The number of nitrogens with one attached hydrogen (secondary N) is 2. The minimum absolute atomic E-state index is 0.000296. The third-order valence-electron chi connectivity index (χ3n) is 4.90. The predicted octanol–water partition coefficient (Wildman–Crippen LogP) is 2.63. The lowest BCUT2D eigenvalue weighted by atomic mass is 9.79. The van der Waals surface area contributed by atoms with Gasteiger partial charge in [-0.3, -0.25) is 4.79 Å². The Morgan fingerprint density at radius 3 is 2.92 bits per heavy atom. The summed E-state index contributed by atoms with van der Waals surface area (Å²) in [6.07, 6.45) is 0.0305. The summed E-state index contributed by atoms with van der Waals surface area (Å²) in [4.78, 5) is 30.1. The molecule has 3 rings (SSSR count). The number of hydrogen-bond donors (Lipinski definition) is 3. The van der Waals surface area contributed by atoms with Crippen molar-refractivity contribution in [1.82, 2.24) is 15.2 Å². The van der Waals surface area contributed by atoms with Gasteiger partial charge in [-0.05, 0) is 29.9 Å². The second-order valence-electron chi connectivity index (χ2n) is 7.95. The van der Waals surface area contributed by atoms with E-state index < -0.39 is 6.09 Å². The van der Waals surface area contributed by atoms with Crippen LogP contribution in [0.25, 0.3) is 0 Å². The van der Waals surface area contributed by atoms with Gasteiger partial charge < -0.3 is 20.6 Å². The van der Waals surface area contributed by atoms with E-state index in [0.29, 0.717) is 24.7 Å². The van der Waals surface area contributed by atoms with Crippen molar-refractivity contribution < 1.29 is 14.7 Å². The normalized spacial score (nSPS) is 22.9. The molecule has 8 heteroatoms. The number of thioether (sulfide) groups is 1. The molecule has 1 unspecified atom stereocenters. The molecular weight excluding hydrogens is 352 g/mol. The van der Waals surface area contributed by atoms with Crippen LogP contribution in [0, 0.1) is 11.3 Å². The van der Waals surface area contributed by atoms with Crippen molar-refractivity contribution in [2.45, 2.75) is 44.7 Å². The van der Waals surface area contributed by atoms with Gasteiger partial charge >= 0.3 is 6.09 Å². The van der Waals surface area contributed by atoms with E-state index in [1.54, 1.807) is 4.90 Å². The average Bonchev–Trinajstić information content (AvgIpc) is 2.99. The second-order valence-corrected chi connectivity index (χ2v) is 8.97. The van der Waals surface area contributed by atoms with Crippen molar-refractivity contribution in [3.63, 3.8) is 0 Å². The molecule has 0 bridgehead atoms. The van der Waals surface area contributed by atoms with E-state index in [2.05, 4.69) is 36.4 Å².